The van der Waals surface area contributed by atoms with Gasteiger partial charge in [-0.3, -0.25) is 0 Å². The molecule has 0 heterocycles. The molecule has 24 heavy (non-hydrogen) atoms. The van der Waals surface area contributed by atoms with E-state index in [-0.39, 0.29) is 24.6 Å². The van der Waals surface area contributed by atoms with Gasteiger partial charge in [0.25, 0.3) is 0 Å². The highest BCUT2D eigenvalue weighted by Gasteiger charge is 2.32. The molecule has 3 N–H and O–H groups in total. The Hall–Kier alpha value is -2.28. The largest absolute Gasteiger partial charge is 0.465 e. The molecule has 3 atom stereocenters. The van der Waals surface area contributed by atoms with Crippen molar-refractivity contribution in [2.45, 2.75) is 38.0 Å². The van der Waals surface area contributed by atoms with Crippen LogP contribution in [0.2, 0.25) is 0 Å². The maximum absolute atomic E-state index is 12.0. The second-order valence-corrected chi connectivity index (χ2v) is 5.99. The van der Waals surface area contributed by atoms with Crippen molar-refractivity contribution in [3.05, 3.63) is 35.9 Å². The molecule has 2 rings (SSSR count). The number of ether oxygens (including phenoxy) is 2. The van der Waals surface area contributed by atoms with Crippen LogP contribution < -0.4 is 10.6 Å². The maximum atomic E-state index is 12.0. The van der Waals surface area contributed by atoms with Crippen LogP contribution in [-0.2, 0) is 16.1 Å². The van der Waals surface area contributed by atoms with Gasteiger partial charge in [-0.15, -0.1) is 0 Å². The van der Waals surface area contributed by atoms with Crippen molar-refractivity contribution in [1.82, 2.24) is 10.6 Å². The van der Waals surface area contributed by atoms with Crippen molar-refractivity contribution in [3.63, 3.8) is 0 Å². The Morgan fingerprint density at radius 1 is 1.21 bits per heavy atom. The van der Waals surface area contributed by atoms with E-state index in [1.165, 1.54) is 0 Å². The normalized spacial score (nSPS) is 23.3. The molecule has 7 heteroatoms. The summed E-state index contributed by atoms with van der Waals surface area (Å²) < 4.78 is 10.5. The molecule has 1 aromatic rings. The third-order valence-corrected chi connectivity index (χ3v) is 4.21. The molecule has 1 fully saturated rings. The summed E-state index contributed by atoms with van der Waals surface area (Å²) in [6, 6.07) is 9.28. The molecular formula is C17H24N2O5. The zero-order valence-electron chi connectivity index (χ0n) is 13.7. The number of hydrogen-bond donors (Lipinski definition) is 3. The van der Waals surface area contributed by atoms with Crippen LogP contribution in [0.3, 0.4) is 0 Å². The Balaban J connectivity index is 1.83. The summed E-state index contributed by atoms with van der Waals surface area (Å²) in [5, 5.41) is 14.2. The third-order valence-electron chi connectivity index (χ3n) is 4.21. The zero-order chi connectivity index (χ0) is 17.4. The Labute approximate surface area is 141 Å². The minimum Gasteiger partial charge on any atom is -0.465 e. The van der Waals surface area contributed by atoms with Gasteiger partial charge in [0, 0.05) is 25.1 Å². The van der Waals surface area contributed by atoms with Crippen LogP contribution in [0, 0.1) is 5.92 Å². The van der Waals surface area contributed by atoms with Crippen LogP contribution in [0.5, 0.6) is 0 Å². The van der Waals surface area contributed by atoms with Gasteiger partial charge in [-0.05, 0) is 24.8 Å². The van der Waals surface area contributed by atoms with E-state index in [0.29, 0.717) is 25.9 Å². The van der Waals surface area contributed by atoms with E-state index in [0.717, 1.165) is 5.56 Å². The lowest BCUT2D eigenvalue weighted by molar-refractivity contribution is 0.0848. The number of alkyl carbamates (subject to hydrolysis) is 1. The summed E-state index contributed by atoms with van der Waals surface area (Å²) in [6.45, 7) is 0.680. The molecule has 0 aromatic heterocycles. The number of carbonyl (C=O) groups excluding carboxylic acids is 1. The lowest BCUT2D eigenvalue weighted by atomic mass is 9.82. The number of amides is 2. The van der Waals surface area contributed by atoms with Crippen molar-refractivity contribution < 1.29 is 24.2 Å². The molecule has 0 spiro atoms. The van der Waals surface area contributed by atoms with E-state index in [1.807, 2.05) is 30.3 Å². The predicted octanol–water partition coefficient (Wildman–Crippen LogP) is 2.36. The van der Waals surface area contributed by atoms with Gasteiger partial charge >= 0.3 is 12.2 Å². The smallest absolute Gasteiger partial charge is 0.407 e. The van der Waals surface area contributed by atoms with Crippen LogP contribution in [-0.4, -0.2) is 43.1 Å². The summed E-state index contributed by atoms with van der Waals surface area (Å²) in [5.41, 5.74) is 0.926. The van der Waals surface area contributed by atoms with Gasteiger partial charge in [0.2, 0.25) is 0 Å². The highest BCUT2D eigenvalue weighted by molar-refractivity contribution is 5.67. The Kier molecular flexibility index (Phi) is 6.87. The van der Waals surface area contributed by atoms with Crippen molar-refractivity contribution in [2.75, 3.05) is 13.7 Å². The van der Waals surface area contributed by atoms with Gasteiger partial charge in [0.1, 0.15) is 6.61 Å². The summed E-state index contributed by atoms with van der Waals surface area (Å²) in [4.78, 5) is 22.8. The fraction of sp³-hybridized carbons (Fsp3) is 0.529. The molecule has 1 aliphatic rings. The number of benzene rings is 1. The lowest BCUT2D eigenvalue weighted by Crippen LogP contribution is -2.50. The van der Waals surface area contributed by atoms with E-state index < -0.39 is 12.2 Å². The number of hydrogen-bond acceptors (Lipinski definition) is 4. The molecule has 0 radical (unpaired) electrons. The Morgan fingerprint density at radius 3 is 2.62 bits per heavy atom. The van der Waals surface area contributed by atoms with E-state index in [1.54, 1.807) is 7.11 Å². The maximum Gasteiger partial charge on any atom is 0.407 e. The van der Waals surface area contributed by atoms with Crippen LogP contribution >= 0.6 is 0 Å². The number of methoxy groups -OCH3 is 1. The minimum absolute atomic E-state index is 0.0462. The number of carboxylic acid groups (broad SMARTS) is 1. The number of nitrogens with one attached hydrogen (secondary N) is 2. The first-order chi connectivity index (χ1) is 11.6. The van der Waals surface area contributed by atoms with Gasteiger partial charge in [-0.25, -0.2) is 9.59 Å². The van der Waals surface area contributed by atoms with Crippen molar-refractivity contribution in [1.29, 1.82) is 0 Å². The average molecular weight is 336 g/mol. The fourth-order valence-corrected chi connectivity index (χ4v) is 3.07. The van der Waals surface area contributed by atoms with Crippen LogP contribution in [0.1, 0.15) is 24.8 Å². The standard InChI is InChI=1S/C17H24N2O5/c1-23-11-13-9-14(18-16(20)21)7-8-15(13)19-17(22)24-10-12-5-3-2-4-6-12/h2-6,13-15,18H,7-11H2,1H3,(H,19,22)(H,20,21)/t13-,14?,15-/m0/s1. The fourth-order valence-electron chi connectivity index (χ4n) is 3.07. The van der Waals surface area contributed by atoms with E-state index in [2.05, 4.69) is 10.6 Å². The molecule has 1 saturated carbocycles. The van der Waals surface area contributed by atoms with E-state index in [9.17, 15) is 9.59 Å². The molecule has 1 aliphatic carbocycles. The summed E-state index contributed by atoms with van der Waals surface area (Å²) in [6.07, 6.45) is 0.499. The highest BCUT2D eigenvalue weighted by Crippen LogP contribution is 2.25. The number of carbonyl (C=O) groups is 2. The van der Waals surface area contributed by atoms with E-state index in [4.69, 9.17) is 14.6 Å². The van der Waals surface area contributed by atoms with E-state index >= 15 is 0 Å². The van der Waals surface area contributed by atoms with Crippen molar-refractivity contribution >= 4 is 12.2 Å². The van der Waals surface area contributed by atoms with Gasteiger partial charge in [0.15, 0.2) is 0 Å². The summed E-state index contributed by atoms with van der Waals surface area (Å²) >= 11 is 0. The SMILES string of the molecule is COC[C@@H]1CC(NC(=O)O)CC[C@@H]1NC(=O)OCc1ccccc1. The van der Waals surface area contributed by atoms with Crippen LogP contribution in [0.15, 0.2) is 30.3 Å². The molecule has 132 valence electrons. The topological polar surface area (TPSA) is 96.9 Å². The van der Waals surface area contributed by atoms with Crippen LogP contribution in [0.4, 0.5) is 9.59 Å². The molecule has 7 nitrogen and oxygen atoms in total. The number of rotatable bonds is 6. The second-order valence-electron chi connectivity index (χ2n) is 5.99. The van der Waals surface area contributed by atoms with Gasteiger partial charge in [0.05, 0.1) is 6.61 Å². The monoisotopic (exact) mass is 336 g/mol. The molecule has 1 aromatic carbocycles. The minimum atomic E-state index is -1.02. The van der Waals surface area contributed by atoms with Crippen molar-refractivity contribution in [2.24, 2.45) is 5.92 Å². The van der Waals surface area contributed by atoms with Crippen LogP contribution in [0.25, 0.3) is 0 Å². The first-order valence-corrected chi connectivity index (χ1v) is 8.04. The van der Waals surface area contributed by atoms with Gasteiger partial charge in [-0.1, -0.05) is 30.3 Å². The summed E-state index contributed by atoms with van der Waals surface area (Å²) in [7, 11) is 1.60. The molecule has 0 aliphatic heterocycles. The van der Waals surface area contributed by atoms with Gasteiger partial charge in [-0.2, -0.15) is 0 Å². The zero-order valence-corrected chi connectivity index (χ0v) is 13.7. The molecule has 2 amide bonds. The molecule has 0 bridgehead atoms. The predicted molar refractivity (Wildman–Crippen MR) is 87.7 cm³/mol. The van der Waals surface area contributed by atoms with Crippen molar-refractivity contribution in [3.8, 4) is 0 Å². The highest BCUT2D eigenvalue weighted by atomic mass is 16.5. The first kappa shape index (κ1) is 18.1. The molecular weight excluding hydrogens is 312 g/mol. The molecule has 1 unspecified atom stereocenters. The third kappa shape index (κ3) is 5.73. The summed E-state index contributed by atoms with van der Waals surface area (Å²) in [5.74, 6) is 0.0462. The molecule has 0 saturated heterocycles. The average Bonchev–Trinajstić information content (AvgIpc) is 2.56. The Bertz CT molecular complexity index is 537. The second kappa shape index (κ2) is 9.12. The quantitative estimate of drug-likeness (QED) is 0.741. The first-order valence-electron chi connectivity index (χ1n) is 8.04. The lowest BCUT2D eigenvalue weighted by Gasteiger charge is -2.35. The Morgan fingerprint density at radius 2 is 1.96 bits per heavy atom. The van der Waals surface area contributed by atoms with Gasteiger partial charge < -0.3 is 25.2 Å².